The first-order valence-corrected chi connectivity index (χ1v) is 11.0. The molecule has 2 aromatic carbocycles. The Labute approximate surface area is 185 Å². The SMILES string of the molecule is COc1cc2c(cc1OC)C(CNC(=O)c1cccs1)N(Cc1cccc(F)c1)CC2. The lowest BCUT2D eigenvalue weighted by atomic mass is 9.91. The molecule has 4 rings (SSSR count). The summed E-state index contributed by atoms with van der Waals surface area (Å²) < 4.78 is 24.7. The van der Waals surface area contributed by atoms with Crippen LogP contribution in [0.25, 0.3) is 0 Å². The van der Waals surface area contributed by atoms with Crippen LogP contribution in [0, 0.1) is 5.82 Å². The van der Waals surface area contributed by atoms with Gasteiger partial charge >= 0.3 is 0 Å². The topological polar surface area (TPSA) is 50.8 Å². The Morgan fingerprint density at radius 1 is 1.16 bits per heavy atom. The molecule has 0 fully saturated rings. The van der Waals surface area contributed by atoms with Crippen LogP contribution in [-0.2, 0) is 13.0 Å². The Morgan fingerprint density at radius 2 is 1.97 bits per heavy atom. The van der Waals surface area contributed by atoms with Crippen molar-refractivity contribution in [2.24, 2.45) is 0 Å². The molecule has 31 heavy (non-hydrogen) atoms. The van der Waals surface area contributed by atoms with E-state index in [2.05, 4.69) is 10.2 Å². The summed E-state index contributed by atoms with van der Waals surface area (Å²) >= 11 is 1.42. The molecule has 7 heteroatoms. The predicted octanol–water partition coefficient (Wildman–Crippen LogP) is 4.43. The van der Waals surface area contributed by atoms with Crippen LogP contribution in [0.3, 0.4) is 0 Å². The van der Waals surface area contributed by atoms with E-state index in [9.17, 15) is 9.18 Å². The first-order chi connectivity index (χ1) is 15.1. The highest BCUT2D eigenvalue weighted by molar-refractivity contribution is 7.12. The molecule has 0 aliphatic carbocycles. The Balaban J connectivity index is 1.64. The first-order valence-electron chi connectivity index (χ1n) is 10.1. The highest BCUT2D eigenvalue weighted by Gasteiger charge is 2.29. The zero-order valence-electron chi connectivity index (χ0n) is 17.6. The summed E-state index contributed by atoms with van der Waals surface area (Å²) in [6.07, 6.45) is 0.834. The molecule has 162 valence electrons. The number of halogens is 1. The molecule has 1 unspecified atom stereocenters. The summed E-state index contributed by atoms with van der Waals surface area (Å²) in [6, 6.07) is 14.3. The van der Waals surface area contributed by atoms with E-state index in [1.807, 2.05) is 35.7 Å². The molecule has 1 aliphatic heterocycles. The zero-order valence-corrected chi connectivity index (χ0v) is 18.4. The van der Waals surface area contributed by atoms with E-state index in [0.717, 1.165) is 24.1 Å². The fourth-order valence-electron chi connectivity index (χ4n) is 4.06. The maximum atomic E-state index is 13.7. The fraction of sp³-hybridized carbons (Fsp3) is 0.292. The van der Waals surface area contributed by atoms with E-state index in [1.165, 1.54) is 23.0 Å². The summed E-state index contributed by atoms with van der Waals surface area (Å²) in [5, 5.41) is 4.96. The molecule has 0 spiro atoms. The van der Waals surface area contributed by atoms with Gasteiger partial charge in [-0.05, 0) is 58.8 Å². The van der Waals surface area contributed by atoms with Crippen LogP contribution in [0.5, 0.6) is 11.5 Å². The number of ether oxygens (including phenoxy) is 2. The molecule has 3 aromatic rings. The molecule has 0 saturated carbocycles. The monoisotopic (exact) mass is 440 g/mol. The van der Waals surface area contributed by atoms with Crippen LogP contribution in [0.1, 0.15) is 32.4 Å². The molecule has 0 radical (unpaired) electrons. The van der Waals surface area contributed by atoms with Crippen LogP contribution < -0.4 is 14.8 Å². The Hall–Kier alpha value is -2.90. The third kappa shape index (κ3) is 4.73. The normalized spacial score (nSPS) is 15.9. The van der Waals surface area contributed by atoms with Gasteiger partial charge < -0.3 is 14.8 Å². The number of fused-ring (bicyclic) bond motifs is 1. The lowest BCUT2D eigenvalue weighted by Gasteiger charge is -2.38. The molecule has 1 aromatic heterocycles. The van der Waals surface area contributed by atoms with Crippen molar-refractivity contribution in [1.29, 1.82) is 0 Å². The second-order valence-electron chi connectivity index (χ2n) is 7.46. The smallest absolute Gasteiger partial charge is 0.261 e. The van der Waals surface area contributed by atoms with Gasteiger partial charge in [0.2, 0.25) is 0 Å². The van der Waals surface area contributed by atoms with E-state index in [1.54, 1.807) is 26.4 Å². The number of rotatable bonds is 7. The summed E-state index contributed by atoms with van der Waals surface area (Å²) in [7, 11) is 3.24. The summed E-state index contributed by atoms with van der Waals surface area (Å²) in [6.45, 7) is 1.82. The van der Waals surface area contributed by atoms with Gasteiger partial charge in [0.15, 0.2) is 11.5 Å². The number of amides is 1. The number of nitrogens with zero attached hydrogens (tertiary/aromatic N) is 1. The van der Waals surface area contributed by atoms with Crippen molar-refractivity contribution in [3.05, 3.63) is 81.3 Å². The van der Waals surface area contributed by atoms with E-state index in [-0.39, 0.29) is 17.8 Å². The van der Waals surface area contributed by atoms with Gasteiger partial charge in [-0.25, -0.2) is 4.39 Å². The van der Waals surface area contributed by atoms with Crippen molar-refractivity contribution >= 4 is 17.2 Å². The molecule has 1 atom stereocenters. The molecular formula is C24H25FN2O3S. The van der Waals surface area contributed by atoms with Crippen molar-refractivity contribution in [2.45, 2.75) is 19.0 Å². The number of carbonyl (C=O) groups excluding carboxylic acids is 1. The summed E-state index contributed by atoms with van der Waals surface area (Å²) in [5.41, 5.74) is 3.16. The molecular weight excluding hydrogens is 415 g/mol. The number of nitrogens with one attached hydrogen (secondary N) is 1. The maximum absolute atomic E-state index is 13.7. The van der Waals surface area contributed by atoms with Gasteiger partial charge in [0, 0.05) is 19.6 Å². The highest BCUT2D eigenvalue weighted by atomic mass is 32.1. The second kappa shape index (κ2) is 9.49. The maximum Gasteiger partial charge on any atom is 0.261 e. The van der Waals surface area contributed by atoms with Crippen LogP contribution in [0.15, 0.2) is 53.9 Å². The fourth-order valence-corrected chi connectivity index (χ4v) is 4.70. The summed E-state index contributed by atoms with van der Waals surface area (Å²) in [5.74, 6) is 1.02. The lowest BCUT2D eigenvalue weighted by Crippen LogP contribution is -2.41. The van der Waals surface area contributed by atoms with Crippen molar-refractivity contribution in [2.75, 3.05) is 27.3 Å². The van der Waals surface area contributed by atoms with Crippen LogP contribution in [-0.4, -0.2) is 38.1 Å². The standard InChI is InChI=1S/C24H25FN2O3S/c1-29-21-12-17-8-9-27(15-16-5-3-6-18(25)11-16)20(19(17)13-22(21)30-2)14-26-24(28)23-7-4-10-31-23/h3-7,10-13,20H,8-9,14-15H2,1-2H3,(H,26,28). The minimum atomic E-state index is -0.246. The molecule has 2 heterocycles. The average molecular weight is 441 g/mol. The molecule has 1 aliphatic rings. The van der Waals surface area contributed by atoms with Gasteiger partial charge in [-0.1, -0.05) is 18.2 Å². The number of methoxy groups -OCH3 is 2. The zero-order chi connectivity index (χ0) is 21.8. The molecule has 5 nitrogen and oxygen atoms in total. The quantitative estimate of drug-likeness (QED) is 0.590. The minimum Gasteiger partial charge on any atom is -0.493 e. The van der Waals surface area contributed by atoms with Gasteiger partial charge in [0.25, 0.3) is 5.91 Å². The van der Waals surface area contributed by atoms with Crippen molar-refractivity contribution in [3.63, 3.8) is 0 Å². The van der Waals surface area contributed by atoms with Crippen LogP contribution in [0.4, 0.5) is 4.39 Å². The number of thiophene rings is 1. The van der Waals surface area contributed by atoms with E-state index in [4.69, 9.17) is 9.47 Å². The lowest BCUT2D eigenvalue weighted by molar-refractivity contribution is 0.0930. The second-order valence-corrected chi connectivity index (χ2v) is 8.41. The van der Waals surface area contributed by atoms with Crippen molar-refractivity contribution < 1.29 is 18.7 Å². The number of benzene rings is 2. The molecule has 1 N–H and O–H groups in total. The summed E-state index contributed by atoms with van der Waals surface area (Å²) in [4.78, 5) is 15.5. The van der Waals surface area contributed by atoms with Gasteiger partial charge in [-0.3, -0.25) is 9.69 Å². The van der Waals surface area contributed by atoms with Gasteiger partial charge in [-0.2, -0.15) is 0 Å². The largest absolute Gasteiger partial charge is 0.493 e. The molecule has 0 bridgehead atoms. The number of hydrogen-bond acceptors (Lipinski definition) is 5. The van der Waals surface area contributed by atoms with Gasteiger partial charge in [0.05, 0.1) is 25.1 Å². The highest BCUT2D eigenvalue weighted by Crippen LogP contribution is 2.38. The predicted molar refractivity (Wildman–Crippen MR) is 119 cm³/mol. The van der Waals surface area contributed by atoms with E-state index >= 15 is 0 Å². The first kappa shape index (κ1) is 21.3. The number of hydrogen-bond donors (Lipinski definition) is 1. The molecule has 0 saturated heterocycles. The van der Waals surface area contributed by atoms with Crippen molar-refractivity contribution in [1.82, 2.24) is 10.2 Å². The van der Waals surface area contributed by atoms with Crippen LogP contribution in [0.2, 0.25) is 0 Å². The Morgan fingerprint density at radius 3 is 2.68 bits per heavy atom. The Kier molecular flexibility index (Phi) is 6.53. The van der Waals surface area contributed by atoms with Crippen LogP contribution >= 0.6 is 11.3 Å². The van der Waals surface area contributed by atoms with Gasteiger partial charge in [0.1, 0.15) is 5.82 Å². The van der Waals surface area contributed by atoms with E-state index < -0.39 is 0 Å². The molecule has 1 amide bonds. The third-order valence-corrected chi connectivity index (χ3v) is 6.46. The number of carbonyl (C=O) groups is 1. The van der Waals surface area contributed by atoms with Crippen molar-refractivity contribution in [3.8, 4) is 11.5 Å². The Bertz CT molecular complexity index is 1050. The van der Waals surface area contributed by atoms with Gasteiger partial charge in [-0.15, -0.1) is 11.3 Å². The minimum absolute atomic E-state index is 0.0734. The third-order valence-electron chi connectivity index (χ3n) is 5.59. The van der Waals surface area contributed by atoms with E-state index in [0.29, 0.717) is 29.5 Å². The average Bonchev–Trinajstić information content (AvgIpc) is 3.32.